The van der Waals surface area contributed by atoms with Crippen LogP contribution in [0.1, 0.15) is 15.9 Å². The summed E-state index contributed by atoms with van der Waals surface area (Å²) in [6.07, 6.45) is 0. The van der Waals surface area contributed by atoms with Crippen molar-refractivity contribution >= 4 is 16.2 Å². The first-order chi connectivity index (χ1) is 6.88. The zero-order chi connectivity index (χ0) is 11.6. The topological polar surface area (TPSA) is 60.4 Å². The Morgan fingerprint density at radius 1 is 1.40 bits per heavy atom. The first-order valence-corrected chi connectivity index (χ1v) is 5.39. The smallest absolute Gasteiger partial charge is 0.338 e. The molecule has 0 unspecified atom stereocenters. The van der Waals surface area contributed by atoms with Gasteiger partial charge in [0, 0.05) is 0 Å². The minimum Gasteiger partial charge on any atom is -0.465 e. The van der Waals surface area contributed by atoms with E-state index in [1.807, 2.05) is 0 Å². The first-order valence-electron chi connectivity index (χ1n) is 4.00. The van der Waals surface area contributed by atoms with Crippen LogP contribution in [-0.2, 0) is 15.0 Å². The average Bonchev–Trinajstić information content (AvgIpc) is 2.15. The van der Waals surface area contributed by atoms with E-state index < -0.39 is 21.1 Å². The molecule has 15 heavy (non-hydrogen) atoms. The highest BCUT2D eigenvalue weighted by molar-refractivity contribution is 7.86. The number of hydrogen-bond acceptors (Lipinski definition) is 4. The molecule has 0 atom stereocenters. The van der Waals surface area contributed by atoms with Gasteiger partial charge in [-0.2, -0.15) is 8.42 Å². The molecule has 0 aliphatic carbocycles. The summed E-state index contributed by atoms with van der Waals surface area (Å²) in [5.74, 6) is -0.696. The van der Waals surface area contributed by atoms with Gasteiger partial charge in [0.2, 0.25) is 0 Å². The minimum absolute atomic E-state index is 0.0382. The molecule has 0 spiro atoms. The van der Waals surface area contributed by atoms with Gasteiger partial charge in [0.1, 0.15) is 4.90 Å². The second-order valence-corrected chi connectivity index (χ2v) is 4.17. The van der Waals surface area contributed by atoms with Crippen molar-refractivity contribution in [2.75, 3.05) is 7.11 Å². The van der Waals surface area contributed by atoms with Crippen LogP contribution in [-0.4, -0.2) is 21.5 Å². The van der Waals surface area contributed by atoms with Crippen molar-refractivity contribution in [1.82, 2.24) is 0 Å². The van der Waals surface area contributed by atoms with E-state index in [1.165, 1.54) is 26.2 Å². The van der Waals surface area contributed by atoms with Crippen LogP contribution in [0.4, 0.5) is 3.89 Å². The van der Waals surface area contributed by atoms with Gasteiger partial charge in [-0.3, -0.25) is 0 Å². The van der Waals surface area contributed by atoms with E-state index in [9.17, 15) is 17.1 Å². The number of ether oxygens (including phenoxy) is 1. The highest BCUT2D eigenvalue weighted by Gasteiger charge is 2.19. The van der Waals surface area contributed by atoms with Crippen molar-refractivity contribution < 1.29 is 21.8 Å². The molecular weight excluding hydrogens is 223 g/mol. The molecular formula is C9H9FO4S. The number of methoxy groups -OCH3 is 1. The van der Waals surface area contributed by atoms with Gasteiger partial charge >= 0.3 is 16.2 Å². The summed E-state index contributed by atoms with van der Waals surface area (Å²) < 4.78 is 38.6. The Morgan fingerprint density at radius 3 is 2.47 bits per heavy atom. The number of carbonyl (C=O) groups is 1. The fourth-order valence-electron chi connectivity index (χ4n) is 1.21. The molecule has 0 bridgehead atoms. The lowest BCUT2D eigenvalue weighted by Crippen LogP contribution is -2.07. The lowest BCUT2D eigenvalue weighted by Gasteiger charge is -2.06. The molecule has 0 radical (unpaired) electrons. The molecule has 0 heterocycles. The summed E-state index contributed by atoms with van der Waals surface area (Å²) in [7, 11) is -3.64. The van der Waals surface area contributed by atoms with Crippen molar-refractivity contribution in [3.63, 3.8) is 0 Å². The molecule has 0 aliphatic rings. The van der Waals surface area contributed by atoms with Gasteiger partial charge in [-0.15, -0.1) is 3.89 Å². The molecule has 82 valence electrons. The van der Waals surface area contributed by atoms with Crippen molar-refractivity contribution in [3.8, 4) is 0 Å². The Balaban J connectivity index is 3.43. The quantitative estimate of drug-likeness (QED) is 0.571. The van der Waals surface area contributed by atoms with Crippen molar-refractivity contribution in [1.29, 1.82) is 0 Å². The molecule has 0 saturated carbocycles. The van der Waals surface area contributed by atoms with Crippen LogP contribution < -0.4 is 0 Å². The Bertz CT molecular complexity index is 493. The maximum atomic E-state index is 12.7. The summed E-state index contributed by atoms with van der Waals surface area (Å²) in [4.78, 5) is 10.7. The molecule has 1 rings (SSSR count). The van der Waals surface area contributed by atoms with E-state index in [4.69, 9.17) is 0 Å². The Labute approximate surface area is 86.9 Å². The molecule has 0 aliphatic heterocycles. The van der Waals surface area contributed by atoms with Gasteiger partial charge < -0.3 is 4.74 Å². The van der Waals surface area contributed by atoms with Gasteiger partial charge in [-0.25, -0.2) is 4.79 Å². The van der Waals surface area contributed by atoms with Gasteiger partial charge in [-0.05, 0) is 24.6 Å². The maximum Gasteiger partial charge on any atom is 0.338 e. The molecule has 1 aromatic rings. The predicted molar refractivity (Wildman–Crippen MR) is 50.8 cm³/mol. The van der Waals surface area contributed by atoms with E-state index in [-0.39, 0.29) is 11.1 Å². The zero-order valence-corrected chi connectivity index (χ0v) is 8.97. The number of carbonyl (C=O) groups excluding carboxylic acids is 1. The van der Waals surface area contributed by atoms with Crippen LogP contribution in [0, 0.1) is 6.92 Å². The second-order valence-electron chi connectivity index (χ2n) is 2.86. The lowest BCUT2D eigenvalue weighted by atomic mass is 10.1. The van der Waals surface area contributed by atoms with Crippen LogP contribution in [0.5, 0.6) is 0 Å². The van der Waals surface area contributed by atoms with E-state index >= 15 is 0 Å². The van der Waals surface area contributed by atoms with E-state index in [2.05, 4.69) is 4.74 Å². The van der Waals surface area contributed by atoms with Gasteiger partial charge in [0.25, 0.3) is 0 Å². The lowest BCUT2D eigenvalue weighted by molar-refractivity contribution is 0.0599. The molecule has 0 amide bonds. The largest absolute Gasteiger partial charge is 0.465 e. The highest BCUT2D eigenvalue weighted by atomic mass is 32.3. The highest BCUT2D eigenvalue weighted by Crippen LogP contribution is 2.21. The molecule has 0 fully saturated rings. The van der Waals surface area contributed by atoms with Crippen LogP contribution in [0.3, 0.4) is 0 Å². The zero-order valence-electron chi connectivity index (χ0n) is 8.15. The third-order valence-corrected chi connectivity index (χ3v) is 2.92. The SMILES string of the molecule is COC(=O)c1cccc(S(=O)(=O)F)c1C. The maximum absolute atomic E-state index is 12.7. The molecule has 0 aromatic heterocycles. The Kier molecular flexibility index (Phi) is 3.09. The Hall–Kier alpha value is -1.43. The second kappa shape index (κ2) is 3.98. The standard InChI is InChI=1S/C9H9FO4S/c1-6-7(9(11)14-2)4-3-5-8(6)15(10,12)13/h3-5H,1-2H3. The first kappa shape index (κ1) is 11.6. The van der Waals surface area contributed by atoms with E-state index in [1.54, 1.807) is 0 Å². The summed E-state index contributed by atoms with van der Waals surface area (Å²) in [5.41, 5.74) is 0.0862. The van der Waals surface area contributed by atoms with Gasteiger partial charge in [0.15, 0.2) is 0 Å². The van der Waals surface area contributed by atoms with Crippen molar-refractivity contribution in [2.24, 2.45) is 0 Å². The molecule has 6 heteroatoms. The minimum atomic E-state index is -4.81. The third-order valence-electron chi connectivity index (χ3n) is 1.95. The molecule has 1 aromatic carbocycles. The predicted octanol–water partition coefficient (Wildman–Crippen LogP) is 1.44. The van der Waals surface area contributed by atoms with Crippen molar-refractivity contribution in [2.45, 2.75) is 11.8 Å². The summed E-state index contributed by atoms with van der Waals surface area (Å²) in [6.45, 7) is 1.35. The number of benzene rings is 1. The van der Waals surface area contributed by atoms with Crippen LogP contribution >= 0.6 is 0 Å². The number of hydrogen-bond donors (Lipinski definition) is 0. The van der Waals surface area contributed by atoms with Crippen LogP contribution in [0.2, 0.25) is 0 Å². The Morgan fingerprint density at radius 2 is 2.00 bits per heavy atom. The normalized spacial score (nSPS) is 11.1. The fourth-order valence-corrected chi connectivity index (χ4v) is 1.93. The van der Waals surface area contributed by atoms with E-state index in [0.717, 1.165) is 6.07 Å². The molecule has 4 nitrogen and oxygen atoms in total. The van der Waals surface area contributed by atoms with Crippen LogP contribution in [0.25, 0.3) is 0 Å². The summed E-state index contributed by atoms with van der Waals surface area (Å²) in [6, 6.07) is 3.75. The summed E-state index contributed by atoms with van der Waals surface area (Å²) >= 11 is 0. The number of esters is 1. The molecule has 0 N–H and O–H groups in total. The van der Waals surface area contributed by atoms with Crippen LogP contribution in [0.15, 0.2) is 23.1 Å². The number of rotatable bonds is 2. The monoisotopic (exact) mass is 232 g/mol. The van der Waals surface area contributed by atoms with Gasteiger partial charge in [-0.1, -0.05) is 6.07 Å². The third kappa shape index (κ3) is 2.33. The fraction of sp³-hybridized carbons (Fsp3) is 0.222. The average molecular weight is 232 g/mol. The number of halogens is 1. The summed E-state index contributed by atoms with van der Waals surface area (Å²) in [5, 5.41) is 0. The van der Waals surface area contributed by atoms with E-state index in [0.29, 0.717) is 0 Å². The molecule has 0 saturated heterocycles. The van der Waals surface area contributed by atoms with Gasteiger partial charge in [0.05, 0.1) is 12.7 Å². The van der Waals surface area contributed by atoms with Crippen molar-refractivity contribution in [3.05, 3.63) is 29.3 Å².